The molecule has 0 aliphatic heterocycles. The Bertz CT molecular complexity index is 376. The van der Waals surface area contributed by atoms with E-state index >= 15 is 0 Å². The van der Waals surface area contributed by atoms with Gasteiger partial charge in [-0.15, -0.1) is 0 Å². The van der Waals surface area contributed by atoms with Crippen LogP contribution < -0.4 is 5.73 Å². The minimum atomic E-state index is 0.551. The van der Waals surface area contributed by atoms with Gasteiger partial charge >= 0.3 is 0 Å². The minimum absolute atomic E-state index is 0.551. The number of nitrogens with zero attached hydrogens (tertiary/aromatic N) is 1. The average molecular weight is 188 g/mol. The first kappa shape index (κ1) is 9.25. The summed E-state index contributed by atoms with van der Waals surface area (Å²) in [5, 5.41) is 0. The van der Waals surface area contributed by atoms with Crippen molar-refractivity contribution in [2.45, 2.75) is 26.7 Å². The molecule has 0 unspecified atom stereocenters. The van der Waals surface area contributed by atoms with Gasteiger partial charge in [-0.05, 0) is 43.9 Å². The van der Waals surface area contributed by atoms with E-state index in [0.29, 0.717) is 5.92 Å². The number of aliphatic imine (C=N–C) groups is 1. The van der Waals surface area contributed by atoms with E-state index in [4.69, 9.17) is 5.73 Å². The van der Waals surface area contributed by atoms with Crippen molar-refractivity contribution in [1.82, 2.24) is 0 Å². The number of benzene rings is 1. The molecule has 0 saturated heterocycles. The summed E-state index contributed by atoms with van der Waals surface area (Å²) in [6.07, 6.45) is 2.42. The first-order valence-electron chi connectivity index (χ1n) is 5.09. The summed E-state index contributed by atoms with van der Waals surface area (Å²) in [5.41, 5.74) is 9.41. The highest BCUT2D eigenvalue weighted by Gasteiger charge is 2.25. The van der Waals surface area contributed by atoms with Crippen LogP contribution in [0.5, 0.6) is 0 Å². The number of nitrogens with two attached hydrogens (primary N) is 1. The standard InChI is InChI=1S/C12H16N2/c1-8-4-3-5-11(9(8)2)14-12(13)10-6-7-10/h3-5,10H,6-7H2,1-2H3,(H2,13,14). The Hall–Kier alpha value is -1.31. The summed E-state index contributed by atoms with van der Waals surface area (Å²) in [7, 11) is 0. The molecule has 2 N–H and O–H groups in total. The third-order valence-corrected chi connectivity index (χ3v) is 2.82. The lowest BCUT2D eigenvalue weighted by atomic mass is 10.1. The monoisotopic (exact) mass is 188 g/mol. The van der Waals surface area contributed by atoms with Crippen LogP contribution in [0.3, 0.4) is 0 Å². The van der Waals surface area contributed by atoms with Crippen molar-refractivity contribution in [3.8, 4) is 0 Å². The smallest absolute Gasteiger partial charge is 0.103 e. The molecule has 0 atom stereocenters. The number of hydrogen-bond donors (Lipinski definition) is 1. The van der Waals surface area contributed by atoms with Crippen LogP contribution in [0.25, 0.3) is 0 Å². The molecule has 0 heterocycles. The highest BCUT2D eigenvalue weighted by Crippen LogP contribution is 2.31. The second kappa shape index (κ2) is 3.45. The summed E-state index contributed by atoms with van der Waals surface area (Å²) in [5.74, 6) is 1.36. The Morgan fingerprint density at radius 1 is 1.36 bits per heavy atom. The van der Waals surface area contributed by atoms with Crippen LogP contribution in [0.4, 0.5) is 5.69 Å². The molecular weight excluding hydrogens is 172 g/mol. The van der Waals surface area contributed by atoms with E-state index < -0.39 is 0 Å². The van der Waals surface area contributed by atoms with Crippen LogP contribution in [0, 0.1) is 19.8 Å². The maximum atomic E-state index is 5.88. The molecule has 1 aromatic carbocycles. The van der Waals surface area contributed by atoms with Crippen molar-refractivity contribution in [3.05, 3.63) is 29.3 Å². The Balaban J connectivity index is 2.31. The van der Waals surface area contributed by atoms with Gasteiger partial charge in [0, 0.05) is 5.92 Å². The van der Waals surface area contributed by atoms with E-state index in [1.165, 1.54) is 24.0 Å². The third kappa shape index (κ3) is 1.79. The first-order chi connectivity index (χ1) is 6.68. The Morgan fingerprint density at radius 2 is 2.07 bits per heavy atom. The van der Waals surface area contributed by atoms with Crippen molar-refractivity contribution in [1.29, 1.82) is 0 Å². The predicted octanol–water partition coefficient (Wildman–Crippen LogP) is 2.70. The fourth-order valence-corrected chi connectivity index (χ4v) is 1.47. The second-order valence-electron chi connectivity index (χ2n) is 4.03. The summed E-state index contributed by atoms with van der Waals surface area (Å²) >= 11 is 0. The molecule has 1 fully saturated rings. The first-order valence-corrected chi connectivity index (χ1v) is 5.09. The van der Waals surface area contributed by atoms with Gasteiger partial charge in [0.1, 0.15) is 5.84 Å². The maximum absolute atomic E-state index is 5.88. The van der Waals surface area contributed by atoms with E-state index in [1.54, 1.807) is 0 Å². The fraction of sp³-hybridized carbons (Fsp3) is 0.417. The van der Waals surface area contributed by atoms with Gasteiger partial charge in [0.15, 0.2) is 0 Å². The van der Waals surface area contributed by atoms with Gasteiger partial charge < -0.3 is 5.73 Å². The summed E-state index contributed by atoms with van der Waals surface area (Å²) in [6, 6.07) is 6.15. The lowest BCUT2D eigenvalue weighted by molar-refractivity contribution is 1.15. The van der Waals surface area contributed by atoms with Crippen LogP contribution in [0.2, 0.25) is 0 Å². The number of aryl methyl sites for hydroxylation is 1. The largest absolute Gasteiger partial charge is 0.387 e. The molecule has 0 spiro atoms. The maximum Gasteiger partial charge on any atom is 0.103 e. The Labute approximate surface area is 84.9 Å². The van der Waals surface area contributed by atoms with Gasteiger partial charge in [0.25, 0.3) is 0 Å². The van der Waals surface area contributed by atoms with E-state index in [1.807, 2.05) is 12.1 Å². The SMILES string of the molecule is Cc1cccc(N=C(N)C2CC2)c1C. The molecular formula is C12H16N2. The topological polar surface area (TPSA) is 38.4 Å². The second-order valence-corrected chi connectivity index (χ2v) is 4.03. The van der Waals surface area contributed by atoms with E-state index in [9.17, 15) is 0 Å². The highest BCUT2D eigenvalue weighted by molar-refractivity contribution is 5.87. The van der Waals surface area contributed by atoms with Crippen molar-refractivity contribution in [2.24, 2.45) is 16.6 Å². The van der Waals surface area contributed by atoms with Crippen LogP contribution in [-0.2, 0) is 0 Å². The van der Waals surface area contributed by atoms with E-state index in [-0.39, 0.29) is 0 Å². The molecule has 1 aliphatic carbocycles. The molecule has 0 radical (unpaired) electrons. The molecule has 0 amide bonds. The quantitative estimate of drug-likeness (QED) is 0.562. The fourth-order valence-electron chi connectivity index (χ4n) is 1.47. The zero-order valence-corrected chi connectivity index (χ0v) is 8.75. The van der Waals surface area contributed by atoms with E-state index in [0.717, 1.165) is 11.5 Å². The van der Waals surface area contributed by atoms with Gasteiger partial charge in [-0.2, -0.15) is 0 Å². The molecule has 0 aromatic heterocycles. The molecule has 0 bridgehead atoms. The summed E-state index contributed by atoms with van der Waals surface area (Å²) in [4.78, 5) is 4.48. The van der Waals surface area contributed by atoms with Crippen molar-refractivity contribution in [2.75, 3.05) is 0 Å². The third-order valence-electron chi connectivity index (χ3n) is 2.82. The summed E-state index contributed by atoms with van der Waals surface area (Å²) < 4.78 is 0. The molecule has 2 rings (SSSR count). The van der Waals surface area contributed by atoms with Crippen LogP contribution in [-0.4, -0.2) is 5.84 Å². The highest BCUT2D eigenvalue weighted by atomic mass is 14.9. The molecule has 14 heavy (non-hydrogen) atoms. The van der Waals surface area contributed by atoms with Crippen LogP contribution in [0.1, 0.15) is 24.0 Å². The van der Waals surface area contributed by atoms with Gasteiger partial charge in [-0.3, -0.25) is 0 Å². The van der Waals surface area contributed by atoms with Gasteiger partial charge in [0.2, 0.25) is 0 Å². The molecule has 1 saturated carbocycles. The Kier molecular flexibility index (Phi) is 2.28. The number of amidine groups is 1. The van der Waals surface area contributed by atoms with Crippen LogP contribution >= 0.6 is 0 Å². The lowest BCUT2D eigenvalue weighted by Crippen LogP contribution is -2.13. The predicted molar refractivity (Wildman–Crippen MR) is 59.9 cm³/mol. The molecule has 1 aromatic rings. The summed E-state index contributed by atoms with van der Waals surface area (Å²) in [6.45, 7) is 4.19. The zero-order valence-electron chi connectivity index (χ0n) is 8.75. The van der Waals surface area contributed by atoms with Gasteiger partial charge in [0.05, 0.1) is 5.69 Å². The lowest BCUT2D eigenvalue weighted by Gasteiger charge is -2.04. The van der Waals surface area contributed by atoms with E-state index in [2.05, 4.69) is 24.9 Å². The zero-order chi connectivity index (χ0) is 10.1. The minimum Gasteiger partial charge on any atom is -0.387 e. The van der Waals surface area contributed by atoms with Gasteiger partial charge in [-0.1, -0.05) is 12.1 Å². The van der Waals surface area contributed by atoms with Crippen molar-refractivity contribution in [3.63, 3.8) is 0 Å². The normalized spacial score (nSPS) is 17.1. The van der Waals surface area contributed by atoms with Crippen molar-refractivity contribution < 1.29 is 0 Å². The van der Waals surface area contributed by atoms with Crippen molar-refractivity contribution >= 4 is 11.5 Å². The molecule has 2 nitrogen and oxygen atoms in total. The Morgan fingerprint density at radius 3 is 2.71 bits per heavy atom. The number of rotatable bonds is 2. The molecule has 2 heteroatoms. The van der Waals surface area contributed by atoms with Gasteiger partial charge in [-0.25, -0.2) is 4.99 Å². The van der Waals surface area contributed by atoms with Crippen LogP contribution in [0.15, 0.2) is 23.2 Å². The number of hydrogen-bond acceptors (Lipinski definition) is 1. The average Bonchev–Trinajstić information content (AvgIpc) is 2.95. The molecule has 74 valence electrons. The molecule has 1 aliphatic rings.